The van der Waals surface area contributed by atoms with Crippen LogP contribution in [0.1, 0.15) is 56.7 Å². The van der Waals surface area contributed by atoms with Gasteiger partial charge in [0.1, 0.15) is 5.82 Å². The van der Waals surface area contributed by atoms with Crippen molar-refractivity contribution in [1.82, 2.24) is 4.98 Å². The lowest BCUT2D eigenvalue weighted by Gasteiger charge is -2.28. The van der Waals surface area contributed by atoms with E-state index in [1.165, 1.54) is 19.2 Å². The topological polar surface area (TPSA) is 85.7 Å². The van der Waals surface area contributed by atoms with Crippen LogP contribution in [0.15, 0.2) is 60.7 Å². The average Bonchev–Trinajstić information content (AvgIpc) is 2.85. The van der Waals surface area contributed by atoms with E-state index >= 15 is 0 Å². The molecule has 1 heterocycles. The van der Waals surface area contributed by atoms with Gasteiger partial charge >= 0.3 is 14.2 Å². The van der Waals surface area contributed by atoms with Crippen molar-refractivity contribution in [2.24, 2.45) is 0 Å². The van der Waals surface area contributed by atoms with Gasteiger partial charge in [0.15, 0.2) is 0 Å². The van der Waals surface area contributed by atoms with Crippen molar-refractivity contribution in [1.29, 1.82) is 0 Å². The number of pyridine rings is 1. The Labute approximate surface area is 206 Å². The molecule has 2 aromatic carbocycles. The number of halogens is 1. The zero-order valence-electron chi connectivity index (χ0n) is 20.3. The zero-order chi connectivity index (χ0) is 25.5. The van der Waals surface area contributed by atoms with Crippen LogP contribution in [0.3, 0.4) is 0 Å². The largest absolute Gasteiger partial charge is 0.393 e. The number of aliphatic hydroxyl groups is 1. The third-order valence-electron chi connectivity index (χ3n) is 5.87. The number of aromatic nitrogens is 1. The molecule has 3 unspecified atom stereocenters. The van der Waals surface area contributed by atoms with Gasteiger partial charge in [-0.3, -0.25) is 9.78 Å². The molecule has 0 aliphatic carbocycles. The summed E-state index contributed by atoms with van der Waals surface area (Å²) < 4.78 is 34.5. The number of hydrogen-bond acceptors (Lipinski definition) is 6. The fraction of sp³-hybridized carbons (Fsp3) is 0.333. The van der Waals surface area contributed by atoms with Gasteiger partial charge in [-0.05, 0) is 47.2 Å². The SMILES string of the molecule is CCC(c1c(-c2ccc(F)cc2)cc(-c2ccccc2)nc1C(C)C)C(O)CC(=O)O[PH](=O)OC. The van der Waals surface area contributed by atoms with Gasteiger partial charge < -0.3 is 14.2 Å². The summed E-state index contributed by atoms with van der Waals surface area (Å²) in [4.78, 5) is 17.2. The third-order valence-corrected chi connectivity index (χ3v) is 6.60. The van der Waals surface area contributed by atoms with Gasteiger partial charge in [0.2, 0.25) is 0 Å². The summed E-state index contributed by atoms with van der Waals surface area (Å²) in [5.74, 6) is -1.61. The van der Waals surface area contributed by atoms with Gasteiger partial charge in [0.05, 0.1) is 18.2 Å². The van der Waals surface area contributed by atoms with Crippen LogP contribution in [0.4, 0.5) is 4.39 Å². The van der Waals surface area contributed by atoms with Crippen LogP contribution in [0.25, 0.3) is 22.4 Å². The lowest BCUT2D eigenvalue weighted by atomic mass is 9.80. The van der Waals surface area contributed by atoms with E-state index in [1.807, 2.05) is 57.2 Å². The molecule has 0 bridgehead atoms. The molecule has 0 amide bonds. The summed E-state index contributed by atoms with van der Waals surface area (Å²) >= 11 is 0. The molecule has 1 aromatic heterocycles. The molecule has 0 aliphatic rings. The summed E-state index contributed by atoms with van der Waals surface area (Å²) in [5.41, 5.74) is 4.88. The molecule has 0 fully saturated rings. The van der Waals surface area contributed by atoms with Gasteiger partial charge in [-0.25, -0.2) is 8.96 Å². The summed E-state index contributed by atoms with van der Waals surface area (Å²) in [6.07, 6.45) is -0.951. The van der Waals surface area contributed by atoms with Crippen LogP contribution < -0.4 is 0 Å². The number of benzene rings is 2. The molecule has 0 saturated heterocycles. The molecule has 186 valence electrons. The van der Waals surface area contributed by atoms with Gasteiger partial charge in [-0.2, -0.15) is 0 Å². The number of carbonyl (C=O) groups excluding carboxylic acids is 1. The maximum absolute atomic E-state index is 13.7. The first kappa shape index (κ1) is 26.7. The second kappa shape index (κ2) is 12.2. The zero-order valence-corrected chi connectivity index (χ0v) is 21.3. The van der Waals surface area contributed by atoms with Crippen molar-refractivity contribution in [3.05, 3.63) is 77.7 Å². The van der Waals surface area contributed by atoms with E-state index in [2.05, 4.69) is 4.52 Å². The van der Waals surface area contributed by atoms with E-state index in [0.717, 1.165) is 33.6 Å². The summed E-state index contributed by atoms with van der Waals surface area (Å²) in [6, 6.07) is 17.9. The highest BCUT2D eigenvalue weighted by Crippen LogP contribution is 2.41. The van der Waals surface area contributed by atoms with E-state index in [0.29, 0.717) is 6.42 Å². The van der Waals surface area contributed by atoms with E-state index in [1.54, 1.807) is 12.1 Å². The Morgan fingerprint density at radius 1 is 1.09 bits per heavy atom. The van der Waals surface area contributed by atoms with Crippen molar-refractivity contribution < 1.29 is 27.9 Å². The summed E-state index contributed by atoms with van der Waals surface area (Å²) in [5, 5.41) is 11.1. The molecule has 3 atom stereocenters. The van der Waals surface area contributed by atoms with Crippen LogP contribution >= 0.6 is 8.25 Å². The van der Waals surface area contributed by atoms with E-state index in [-0.39, 0.29) is 18.2 Å². The number of aliphatic hydroxyl groups excluding tert-OH is 1. The molecule has 3 aromatic rings. The first-order valence-electron chi connectivity index (χ1n) is 11.6. The van der Waals surface area contributed by atoms with Crippen molar-refractivity contribution >= 4 is 14.2 Å². The first-order chi connectivity index (χ1) is 16.7. The highest BCUT2D eigenvalue weighted by molar-refractivity contribution is 7.34. The molecule has 35 heavy (non-hydrogen) atoms. The Hall–Kier alpha value is -2.86. The van der Waals surface area contributed by atoms with E-state index in [4.69, 9.17) is 9.51 Å². The van der Waals surface area contributed by atoms with Crippen LogP contribution in [0.2, 0.25) is 0 Å². The standard InChI is InChI=1S/C27H31FNO5P/c1-5-21(24(30)16-25(31)34-35(32)33-4)26-22(18-11-13-20(28)14-12-18)15-23(29-27(26)17(2)3)19-9-7-6-8-10-19/h6-15,17,21,24,30,35H,5,16H2,1-4H3. The first-order valence-corrected chi connectivity index (χ1v) is 12.8. The van der Waals surface area contributed by atoms with Gasteiger partial charge in [0.25, 0.3) is 0 Å². The third kappa shape index (κ3) is 6.63. The Morgan fingerprint density at radius 2 is 1.74 bits per heavy atom. The highest BCUT2D eigenvalue weighted by Gasteiger charge is 2.30. The molecule has 0 spiro atoms. The van der Waals surface area contributed by atoms with Crippen molar-refractivity contribution in [2.45, 2.75) is 51.6 Å². The van der Waals surface area contributed by atoms with Crippen molar-refractivity contribution in [3.63, 3.8) is 0 Å². The molecule has 0 saturated carbocycles. The monoisotopic (exact) mass is 499 g/mol. The molecule has 3 rings (SSSR count). The normalized spacial score (nSPS) is 13.9. The van der Waals surface area contributed by atoms with Crippen molar-refractivity contribution in [3.8, 4) is 22.4 Å². The molecule has 0 radical (unpaired) electrons. The smallest absolute Gasteiger partial charge is 0.369 e. The second-order valence-electron chi connectivity index (χ2n) is 8.60. The quantitative estimate of drug-likeness (QED) is 0.321. The van der Waals surface area contributed by atoms with Gasteiger partial charge in [-0.1, -0.05) is 63.2 Å². The van der Waals surface area contributed by atoms with Gasteiger partial charge in [0, 0.05) is 24.3 Å². The van der Waals surface area contributed by atoms with Crippen LogP contribution in [-0.4, -0.2) is 29.3 Å². The molecular weight excluding hydrogens is 468 g/mol. The molecule has 6 nitrogen and oxygen atoms in total. The predicted octanol–water partition coefficient (Wildman–Crippen LogP) is 6.50. The minimum Gasteiger partial charge on any atom is -0.393 e. The van der Waals surface area contributed by atoms with Crippen LogP contribution in [0, 0.1) is 5.82 Å². The van der Waals surface area contributed by atoms with Gasteiger partial charge in [-0.15, -0.1) is 0 Å². The van der Waals surface area contributed by atoms with Crippen molar-refractivity contribution in [2.75, 3.05) is 7.11 Å². The molecule has 8 heteroatoms. The second-order valence-corrected chi connectivity index (χ2v) is 9.71. The lowest BCUT2D eigenvalue weighted by molar-refractivity contribution is -0.136. The van der Waals surface area contributed by atoms with E-state index < -0.39 is 26.2 Å². The molecule has 0 aliphatic heterocycles. The maximum Gasteiger partial charge on any atom is 0.369 e. The number of carbonyl (C=O) groups is 1. The van der Waals surface area contributed by atoms with E-state index in [9.17, 15) is 18.9 Å². The Balaban J connectivity index is 2.17. The van der Waals surface area contributed by atoms with Crippen LogP contribution in [-0.2, 0) is 18.4 Å². The molecular formula is C27H31FNO5P. The average molecular weight is 500 g/mol. The summed E-state index contributed by atoms with van der Waals surface area (Å²) in [6.45, 7) is 5.96. The van der Waals surface area contributed by atoms with Crippen LogP contribution in [0.5, 0.6) is 0 Å². The fourth-order valence-electron chi connectivity index (χ4n) is 4.19. The number of rotatable bonds is 10. The maximum atomic E-state index is 13.7. The number of nitrogens with zero attached hydrogens (tertiary/aromatic N) is 1. The Morgan fingerprint density at radius 3 is 2.31 bits per heavy atom. The minimum absolute atomic E-state index is 0.00556. The predicted molar refractivity (Wildman–Crippen MR) is 135 cm³/mol. The minimum atomic E-state index is -2.94. The molecule has 1 N–H and O–H groups in total. The Bertz CT molecular complexity index is 1170. The highest BCUT2D eigenvalue weighted by atomic mass is 31.1. The fourth-order valence-corrected chi connectivity index (χ4v) is 4.54. The lowest BCUT2D eigenvalue weighted by Crippen LogP contribution is -2.24. The Kier molecular flexibility index (Phi) is 9.33. The number of hydrogen-bond donors (Lipinski definition) is 1. The summed E-state index contributed by atoms with van der Waals surface area (Å²) in [7, 11) is -1.76.